The molecule has 1 fully saturated rings. The van der Waals surface area contributed by atoms with Crippen molar-refractivity contribution in [3.63, 3.8) is 0 Å². The van der Waals surface area contributed by atoms with Gasteiger partial charge in [0.15, 0.2) is 0 Å². The van der Waals surface area contributed by atoms with Gasteiger partial charge in [0.25, 0.3) is 5.69 Å². The quantitative estimate of drug-likeness (QED) is 0.665. The molecule has 1 heterocycles. The van der Waals surface area contributed by atoms with E-state index in [-0.39, 0.29) is 22.3 Å². The monoisotopic (exact) mass is 294 g/mol. The van der Waals surface area contributed by atoms with Crippen LogP contribution in [0.1, 0.15) is 25.0 Å². The van der Waals surface area contributed by atoms with Crippen LogP contribution < -0.4 is 5.32 Å². The van der Waals surface area contributed by atoms with E-state index in [1.54, 1.807) is 13.0 Å². The van der Waals surface area contributed by atoms with E-state index in [4.69, 9.17) is 9.47 Å². The van der Waals surface area contributed by atoms with E-state index < -0.39 is 0 Å². The summed E-state index contributed by atoms with van der Waals surface area (Å²) in [6.07, 6.45) is 0.00718. The Balaban J connectivity index is 1.89. The molecule has 1 aliphatic rings. The number of morpholine rings is 1. The summed E-state index contributed by atoms with van der Waals surface area (Å²) in [5.74, 6) is 0. The third-order valence-electron chi connectivity index (χ3n) is 3.58. The van der Waals surface area contributed by atoms with Gasteiger partial charge >= 0.3 is 0 Å². The van der Waals surface area contributed by atoms with Crippen LogP contribution in [0.3, 0.4) is 0 Å². The number of hydrogen-bond acceptors (Lipinski definition) is 5. The molecule has 0 aromatic heterocycles. The predicted octanol–water partition coefficient (Wildman–Crippen LogP) is 2.19. The second-order valence-corrected chi connectivity index (χ2v) is 5.96. The molecule has 1 saturated heterocycles. The van der Waals surface area contributed by atoms with Crippen molar-refractivity contribution in [2.75, 3.05) is 19.7 Å². The number of rotatable bonds is 5. The van der Waals surface area contributed by atoms with Crippen LogP contribution in [-0.2, 0) is 16.1 Å². The van der Waals surface area contributed by atoms with Crippen LogP contribution in [-0.4, -0.2) is 36.3 Å². The number of nitro benzene ring substituents is 1. The molecule has 1 aromatic carbocycles. The lowest BCUT2D eigenvalue weighted by molar-refractivity contribution is -0.385. The number of hydrogen-bond donors (Lipinski definition) is 1. The fraction of sp³-hybridized carbons (Fsp3) is 0.600. The van der Waals surface area contributed by atoms with Crippen LogP contribution in [0.4, 0.5) is 5.69 Å². The maximum atomic E-state index is 10.9. The summed E-state index contributed by atoms with van der Waals surface area (Å²) >= 11 is 0. The second-order valence-electron chi connectivity index (χ2n) is 5.96. The molecule has 0 radical (unpaired) electrons. The molecule has 0 aliphatic carbocycles. The van der Waals surface area contributed by atoms with E-state index in [1.807, 2.05) is 19.9 Å². The first-order chi connectivity index (χ1) is 9.89. The van der Waals surface area contributed by atoms with Gasteiger partial charge in [-0.1, -0.05) is 12.1 Å². The van der Waals surface area contributed by atoms with E-state index in [2.05, 4.69) is 5.32 Å². The van der Waals surface area contributed by atoms with Crippen molar-refractivity contribution in [1.82, 2.24) is 5.32 Å². The lowest BCUT2D eigenvalue weighted by Gasteiger charge is -2.36. The first kappa shape index (κ1) is 15.9. The summed E-state index contributed by atoms with van der Waals surface area (Å²) in [4.78, 5) is 10.5. The normalized spacial score (nSPS) is 21.2. The van der Waals surface area contributed by atoms with Gasteiger partial charge in [0.1, 0.15) is 0 Å². The van der Waals surface area contributed by atoms with Gasteiger partial charge in [0.2, 0.25) is 0 Å². The molecule has 1 N–H and O–H groups in total. The fourth-order valence-corrected chi connectivity index (χ4v) is 2.49. The highest BCUT2D eigenvalue weighted by molar-refractivity contribution is 5.44. The summed E-state index contributed by atoms with van der Waals surface area (Å²) in [7, 11) is 0. The molecule has 0 bridgehead atoms. The highest BCUT2D eigenvalue weighted by Crippen LogP contribution is 2.22. The Bertz CT molecular complexity index is 516. The van der Waals surface area contributed by atoms with Crippen molar-refractivity contribution in [3.8, 4) is 0 Å². The SMILES string of the molecule is Cc1c(COCC2CNCC(C)(C)O2)cccc1[N+](=O)[O-]. The van der Waals surface area contributed by atoms with Gasteiger partial charge in [0.05, 0.1) is 29.8 Å². The van der Waals surface area contributed by atoms with Crippen molar-refractivity contribution in [3.05, 3.63) is 39.4 Å². The smallest absolute Gasteiger partial charge is 0.272 e. The van der Waals surface area contributed by atoms with Crippen molar-refractivity contribution < 1.29 is 14.4 Å². The summed E-state index contributed by atoms with van der Waals surface area (Å²) in [5, 5.41) is 14.2. The first-order valence-electron chi connectivity index (χ1n) is 7.08. The molecular weight excluding hydrogens is 272 g/mol. The molecule has 1 aliphatic heterocycles. The molecule has 0 amide bonds. The molecule has 6 nitrogen and oxygen atoms in total. The molecule has 116 valence electrons. The van der Waals surface area contributed by atoms with E-state index in [0.717, 1.165) is 18.7 Å². The largest absolute Gasteiger partial charge is 0.374 e. The molecule has 21 heavy (non-hydrogen) atoms. The summed E-state index contributed by atoms with van der Waals surface area (Å²) in [6, 6.07) is 5.05. The standard InChI is InChI=1S/C15H22N2O4/c1-11-12(5-4-6-14(11)17(18)19)8-20-9-13-7-16-10-15(2,3)21-13/h4-6,13,16H,7-10H2,1-3H3. The molecule has 0 spiro atoms. The number of nitrogens with zero attached hydrogens (tertiary/aromatic N) is 1. The Kier molecular flexibility index (Phi) is 4.92. The van der Waals surface area contributed by atoms with Gasteiger partial charge in [-0.15, -0.1) is 0 Å². The highest BCUT2D eigenvalue weighted by Gasteiger charge is 2.28. The fourth-order valence-electron chi connectivity index (χ4n) is 2.49. The highest BCUT2D eigenvalue weighted by atomic mass is 16.6. The van der Waals surface area contributed by atoms with Crippen LogP contribution in [0.25, 0.3) is 0 Å². The van der Waals surface area contributed by atoms with Gasteiger partial charge < -0.3 is 14.8 Å². The van der Waals surface area contributed by atoms with Crippen LogP contribution >= 0.6 is 0 Å². The number of benzene rings is 1. The minimum Gasteiger partial charge on any atom is -0.374 e. The zero-order chi connectivity index (χ0) is 15.5. The van der Waals surface area contributed by atoms with E-state index in [1.165, 1.54) is 6.07 Å². The Morgan fingerprint density at radius 1 is 1.52 bits per heavy atom. The van der Waals surface area contributed by atoms with E-state index in [0.29, 0.717) is 18.8 Å². The number of ether oxygens (including phenoxy) is 2. The second kappa shape index (κ2) is 6.51. The minimum absolute atomic E-state index is 0.00718. The molecule has 1 atom stereocenters. The number of nitrogens with one attached hydrogen (secondary N) is 1. The molecule has 1 unspecified atom stereocenters. The Morgan fingerprint density at radius 3 is 2.95 bits per heavy atom. The van der Waals surface area contributed by atoms with Crippen molar-refractivity contribution in [2.45, 2.75) is 39.1 Å². The topological polar surface area (TPSA) is 73.6 Å². The summed E-state index contributed by atoms with van der Waals surface area (Å²) < 4.78 is 11.6. The van der Waals surface area contributed by atoms with Gasteiger partial charge in [-0.05, 0) is 26.3 Å². The molecule has 2 rings (SSSR count). The van der Waals surface area contributed by atoms with Gasteiger partial charge in [-0.25, -0.2) is 0 Å². The first-order valence-corrected chi connectivity index (χ1v) is 7.08. The van der Waals surface area contributed by atoms with Gasteiger partial charge in [-0.3, -0.25) is 10.1 Å². The Labute approximate surface area is 124 Å². The Morgan fingerprint density at radius 2 is 2.29 bits per heavy atom. The van der Waals surface area contributed by atoms with Gasteiger partial charge in [0, 0.05) is 24.7 Å². The maximum Gasteiger partial charge on any atom is 0.272 e. The van der Waals surface area contributed by atoms with Gasteiger partial charge in [-0.2, -0.15) is 0 Å². The van der Waals surface area contributed by atoms with Crippen LogP contribution in [0.5, 0.6) is 0 Å². The minimum atomic E-state index is -0.366. The third kappa shape index (κ3) is 4.23. The number of nitro groups is 1. The summed E-state index contributed by atoms with van der Waals surface area (Å²) in [6.45, 7) is 8.24. The van der Waals surface area contributed by atoms with E-state index in [9.17, 15) is 10.1 Å². The van der Waals surface area contributed by atoms with Crippen LogP contribution in [0.2, 0.25) is 0 Å². The summed E-state index contributed by atoms with van der Waals surface area (Å²) in [5.41, 5.74) is 1.44. The molecule has 0 saturated carbocycles. The van der Waals surface area contributed by atoms with Crippen molar-refractivity contribution in [1.29, 1.82) is 0 Å². The molecule has 6 heteroatoms. The van der Waals surface area contributed by atoms with Crippen LogP contribution in [0, 0.1) is 17.0 Å². The van der Waals surface area contributed by atoms with Crippen molar-refractivity contribution >= 4 is 5.69 Å². The molecular formula is C15H22N2O4. The lowest BCUT2D eigenvalue weighted by Crippen LogP contribution is -2.51. The zero-order valence-electron chi connectivity index (χ0n) is 12.7. The lowest BCUT2D eigenvalue weighted by atomic mass is 10.1. The Hall–Kier alpha value is -1.50. The van der Waals surface area contributed by atoms with Crippen LogP contribution in [0.15, 0.2) is 18.2 Å². The maximum absolute atomic E-state index is 10.9. The van der Waals surface area contributed by atoms with Crippen molar-refractivity contribution in [2.24, 2.45) is 0 Å². The van der Waals surface area contributed by atoms with E-state index >= 15 is 0 Å². The molecule has 1 aromatic rings. The average molecular weight is 294 g/mol. The predicted molar refractivity (Wildman–Crippen MR) is 79.3 cm³/mol. The zero-order valence-corrected chi connectivity index (χ0v) is 12.7. The third-order valence-corrected chi connectivity index (χ3v) is 3.58. The average Bonchev–Trinajstić information content (AvgIpc) is 2.39.